The Morgan fingerprint density at radius 2 is 2.07 bits per heavy atom. The van der Waals surface area contributed by atoms with Gasteiger partial charge in [-0.05, 0) is 31.9 Å². The summed E-state index contributed by atoms with van der Waals surface area (Å²) in [6.45, 7) is 1.73. The van der Waals surface area contributed by atoms with Gasteiger partial charge in [-0.2, -0.15) is 5.26 Å². The van der Waals surface area contributed by atoms with Crippen LogP contribution in [0.3, 0.4) is 0 Å². The molecule has 1 aromatic carbocycles. The van der Waals surface area contributed by atoms with Crippen LogP contribution in [0.2, 0.25) is 0 Å². The summed E-state index contributed by atoms with van der Waals surface area (Å²) < 4.78 is 33.4. The zero-order valence-corrected chi connectivity index (χ0v) is 15.7. The lowest BCUT2D eigenvalue weighted by molar-refractivity contribution is -0.132. The van der Waals surface area contributed by atoms with Crippen LogP contribution >= 0.6 is 0 Å². The topological polar surface area (TPSA) is 104 Å². The Balaban J connectivity index is 1.55. The molecule has 3 heterocycles. The smallest absolute Gasteiger partial charge is 0.252 e. The van der Waals surface area contributed by atoms with Crippen molar-refractivity contribution >= 4 is 22.8 Å². The first-order valence-electron chi connectivity index (χ1n) is 9.51. The number of halogens is 2. The van der Waals surface area contributed by atoms with Gasteiger partial charge in [0, 0.05) is 30.5 Å². The molecule has 1 aromatic heterocycles. The lowest BCUT2D eigenvalue weighted by Gasteiger charge is -2.23. The Morgan fingerprint density at radius 1 is 1.28 bits per heavy atom. The van der Waals surface area contributed by atoms with Crippen LogP contribution < -0.4 is 5.73 Å². The first-order chi connectivity index (χ1) is 13.9. The van der Waals surface area contributed by atoms with E-state index in [9.17, 15) is 18.4 Å². The molecule has 0 saturated carbocycles. The molecule has 7 nitrogen and oxygen atoms in total. The fraction of sp³-hybridized carbons (Fsp3) is 0.450. The summed E-state index contributed by atoms with van der Waals surface area (Å²) in [7, 11) is 0. The molecule has 2 N–H and O–H groups in total. The van der Waals surface area contributed by atoms with Crippen LogP contribution in [0.4, 0.5) is 8.78 Å². The molecule has 9 heteroatoms. The van der Waals surface area contributed by atoms with E-state index in [1.54, 1.807) is 4.90 Å². The Kier molecular flexibility index (Phi) is 4.96. The van der Waals surface area contributed by atoms with Gasteiger partial charge < -0.3 is 15.1 Å². The number of hydrogen-bond acceptors (Lipinski definition) is 5. The summed E-state index contributed by atoms with van der Waals surface area (Å²) in [6.07, 6.45) is 2.09. The predicted molar refractivity (Wildman–Crippen MR) is 98.8 cm³/mol. The monoisotopic (exact) mass is 402 g/mol. The number of fused-ring (bicyclic) bond motifs is 1. The molecule has 2 aliphatic rings. The standard InChI is InChI=1S/C20H20F2N4O3/c21-12-6-14-17(20(24)28)18(29-19(14)15(22)7-12)11-3-5-25(9-11)10-16(27)26-4-1-2-13(26)8-23/h6-7,11,13H,1-5,9-10H2,(H2,24,28)/t11-,13-/m0/s1. The van der Waals surface area contributed by atoms with Gasteiger partial charge in [0.1, 0.15) is 17.6 Å². The van der Waals surface area contributed by atoms with Gasteiger partial charge >= 0.3 is 0 Å². The molecule has 152 valence electrons. The second kappa shape index (κ2) is 7.44. The molecule has 29 heavy (non-hydrogen) atoms. The number of primary amides is 1. The van der Waals surface area contributed by atoms with Crippen LogP contribution in [-0.4, -0.2) is 53.8 Å². The third-order valence-corrected chi connectivity index (χ3v) is 5.71. The fourth-order valence-electron chi connectivity index (χ4n) is 4.36. The normalized spacial score (nSPS) is 22.3. The minimum Gasteiger partial charge on any atom is -0.457 e. The van der Waals surface area contributed by atoms with Crippen LogP contribution in [0, 0.1) is 23.0 Å². The molecule has 4 rings (SSSR count). The molecule has 0 spiro atoms. The van der Waals surface area contributed by atoms with Gasteiger partial charge in [0.25, 0.3) is 5.91 Å². The van der Waals surface area contributed by atoms with Crippen molar-refractivity contribution < 1.29 is 22.8 Å². The summed E-state index contributed by atoms with van der Waals surface area (Å²) >= 11 is 0. The summed E-state index contributed by atoms with van der Waals surface area (Å²) in [5, 5.41) is 9.18. The molecular weight excluding hydrogens is 382 g/mol. The highest BCUT2D eigenvalue weighted by atomic mass is 19.1. The molecule has 0 unspecified atom stereocenters. The van der Waals surface area contributed by atoms with Gasteiger partial charge in [-0.3, -0.25) is 14.5 Å². The number of nitriles is 1. The highest BCUT2D eigenvalue weighted by molar-refractivity contribution is 6.06. The zero-order chi connectivity index (χ0) is 20.7. The molecule has 0 radical (unpaired) electrons. The minimum absolute atomic E-state index is 0.0133. The van der Waals surface area contributed by atoms with Crippen LogP contribution in [0.1, 0.15) is 41.3 Å². The summed E-state index contributed by atoms with van der Waals surface area (Å²) in [6, 6.07) is 3.51. The van der Waals surface area contributed by atoms with Crippen molar-refractivity contribution in [2.75, 3.05) is 26.2 Å². The molecule has 2 fully saturated rings. The second-order valence-electron chi connectivity index (χ2n) is 7.56. The first-order valence-corrected chi connectivity index (χ1v) is 9.51. The molecule has 0 aliphatic carbocycles. The van der Waals surface area contributed by atoms with Gasteiger partial charge in [0.05, 0.1) is 18.2 Å². The van der Waals surface area contributed by atoms with Crippen molar-refractivity contribution in [2.45, 2.75) is 31.2 Å². The number of hydrogen-bond donors (Lipinski definition) is 1. The van der Waals surface area contributed by atoms with Gasteiger partial charge in [0.2, 0.25) is 5.91 Å². The number of nitrogens with two attached hydrogens (primary N) is 1. The average molecular weight is 402 g/mol. The van der Waals surface area contributed by atoms with Gasteiger partial charge in [-0.1, -0.05) is 0 Å². The van der Waals surface area contributed by atoms with E-state index in [1.165, 1.54) is 0 Å². The molecule has 2 aromatic rings. The van der Waals surface area contributed by atoms with Crippen LogP contribution in [0.5, 0.6) is 0 Å². The van der Waals surface area contributed by atoms with E-state index in [4.69, 9.17) is 15.4 Å². The number of rotatable bonds is 4. The molecule has 2 saturated heterocycles. The van der Waals surface area contributed by atoms with E-state index in [0.717, 1.165) is 12.5 Å². The number of carbonyl (C=O) groups is 2. The molecule has 2 amide bonds. The van der Waals surface area contributed by atoms with Crippen molar-refractivity contribution in [3.8, 4) is 6.07 Å². The number of carbonyl (C=O) groups excluding carboxylic acids is 2. The first kappa shape index (κ1) is 19.3. The lowest BCUT2D eigenvalue weighted by atomic mass is 9.99. The van der Waals surface area contributed by atoms with E-state index in [0.29, 0.717) is 38.5 Å². The highest BCUT2D eigenvalue weighted by Crippen LogP contribution is 2.37. The number of likely N-dealkylation sites (tertiary alicyclic amines) is 2. The van der Waals surface area contributed by atoms with Crippen molar-refractivity contribution in [1.29, 1.82) is 5.26 Å². The Labute approximate surface area is 165 Å². The maximum absolute atomic E-state index is 14.1. The van der Waals surface area contributed by atoms with Crippen LogP contribution in [0.15, 0.2) is 16.5 Å². The number of amides is 2. The van der Waals surface area contributed by atoms with E-state index in [-0.39, 0.29) is 46.7 Å². The SMILES string of the molecule is N#C[C@@H]1CCCN1C(=O)CN1CC[C@H](c2oc3c(F)cc(F)cc3c2C(N)=O)C1. The highest BCUT2D eigenvalue weighted by Gasteiger charge is 2.35. The van der Waals surface area contributed by atoms with Gasteiger partial charge in [0.15, 0.2) is 11.4 Å². The third-order valence-electron chi connectivity index (χ3n) is 5.71. The van der Waals surface area contributed by atoms with E-state index in [2.05, 4.69) is 6.07 Å². The van der Waals surface area contributed by atoms with Crippen molar-refractivity contribution in [1.82, 2.24) is 9.80 Å². The minimum atomic E-state index is -0.893. The molecule has 0 bridgehead atoms. The summed E-state index contributed by atoms with van der Waals surface area (Å²) in [5.41, 5.74) is 5.26. The van der Waals surface area contributed by atoms with Gasteiger partial charge in [-0.15, -0.1) is 0 Å². The molecule has 2 atom stereocenters. The quantitative estimate of drug-likeness (QED) is 0.844. The average Bonchev–Trinajstić information content (AvgIpc) is 3.38. The lowest BCUT2D eigenvalue weighted by Crippen LogP contribution is -2.41. The van der Waals surface area contributed by atoms with Crippen molar-refractivity contribution in [2.24, 2.45) is 5.73 Å². The predicted octanol–water partition coefficient (Wildman–Crippen LogP) is 2.11. The van der Waals surface area contributed by atoms with E-state index < -0.39 is 17.5 Å². The summed E-state index contributed by atoms with van der Waals surface area (Å²) in [5.74, 6) is -2.68. The van der Waals surface area contributed by atoms with Crippen molar-refractivity contribution in [3.05, 3.63) is 35.1 Å². The number of nitrogens with zero attached hydrogens (tertiary/aromatic N) is 3. The zero-order valence-electron chi connectivity index (χ0n) is 15.7. The fourth-order valence-corrected chi connectivity index (χ4v) is 4.36. The van der Waals surface area contributed by atoms with E-state index >= 15 is 0 Å². The third kappa shape index (κ3) is 3.44. The van der Waals surface area contributed by atoms with E-state index in [1.807, 2.05) is 4.90 Å². The summed E-state index contributed by atoms with van der Waals surface area (Å²) in [4.78, 5) is 28.1. The van der Waals surface area contributed by atoms with Crippen molar-refractivity contribution in [3.63, 3.8) is 0 Å². The van der Waals surface area contributed by atoms with Crippen LogP contribution in [-0.2, 0) is 4.79 Å². The largest absolute Gasteiger partial charge is 0.457 e. The molecular formula is C20H20F2N4O3. The Bertz CT molecular complexity index is 1030. The molecule has 2 aliphatic heterocycles. The van der Waals surface area contributed by atoms with Gasteiger partial charge in [-0.25, -0.2) is 8.78 Å². The Morgan fingerprint density at radius 3 is 2.79 bits per heavy atom. The second-order valence-corrected chi connectivity index (χ2v) is 7.56. The maximum atomic E-state index is 14.1. The Hall–Kier alpha value is -2.99. The van der Waals surface area contributed by atoms with Crippen LogP contribution in [0.25, 0.3) is 11.0 Å². The maximum Gasteiger partial charge on any atom is 0.252 e. The number of benzene rings is 1. The number of furan rings is 1.